The van der Waals surface area contributed by atoms with E-state index in [1.807, 2.05) is 11.0 Å². The molecule has 0 aliphatic carbocycles. The molecule has 1 saturated heterocycles. The van der Waals surface area contributed by atoms with Gasteiger partial charge >= 0.3 is 0 Å². The topological polar surface area (TPSA) is 51.7 Å². The van der Waals surface area contributed by atoms with Gasteiger partial charge in [0.2, 0.25) is 6.79 Å². The number of hydrogen-bond acceptors (Lipinski definition) is 4. The van der Waals surface area contributed by atoms with Crippen molar-refractivity contribution >= 4 is 5.91 Å². The first-order valence-electron chi connectivity index (χ1n) is 8.71. The van der Waals surface area contributed by atoms with Gasteiger partial charge in [0.05, 0.1) is 0 Å². The summed E-state index contributed by atoms with van der Waals surface area (Å²) >= 11 is 0. The third kappa shape index (κ3) is 3.31. The first-order valence-corrected chi connectivity index (χ1v) is 8.71. The number of fused-ring (bicyclic) bond motifs is 1. The predicted molar refractivity (Wildman–Crippen MR) is 93.8 cm³/mol. The molecule has 1 amide bonds. The van der Waals surface area contributed by atoms with Crippen LogP contribution >= 0.6 is 0 Å². The normalized spacial score (nSPS) is 22.0. The van der Waals surface area contributed by atoms with Crippen LogP contribution in [0.2, 0.25) is 0 Å². The molecule has 1 unspecified atom stereocenters. The van der Waals surface area contributed by atoms with E-state index >= 15 is 0 Å². The van der Waals surface area contributed by atoms with E-state index in [4.69, 9.17) is 9.47 Å². The maximum absolute atomic E-state index is 12.8. The van der Waals surface area contributed by atoms with Gasteiger partial charge in [0, 0.05) is 31.0 Å². The molecule has 2 aromatic rings. The number of piperidine rings is 1. The summed E-state index contributed by atoms with van der Waals surface area (Å²) in [6, 6.07) is 9.71. The Hall–Kier alpha value is -2.56. The fourth-order valence-corrected chi connectivity index (χ4v) is 3.85. The van der Waals surface area contributed by atoms with Gasteiger partial charge in [-0.2, -0.15) is 0 Å². The number of amides is 1. The number of carbonyl (C=O) groups excluding carboxylic acids is 1. The van der Waals surface area contributed by atoms with E-state index in [2.05, 4.69) is 24.0 Å². The third-order valence-corrected chi connectivity index (χ3v) is 5.06. The van der Waals surface area contributed by atoms with Crippen LogP contribution in [-0.2, 0) is 6.42 Å². The molecule has 0 spiro atoms. The SMILES string of the molecule is CC1(Cc2ccc3c(c2)OCO3)CCCN(C(=O)c2ccncc2)C1. The van der Waals surface area contributed by atoms with E-state index < -0.39 is 0 Å². The second kappa shape index (κ2) is 6.39. The van der Waals surface area contributed by atoms with Crippen LogP contribution in [-0.4, -0.2) is 35.7 Å². The summed E-state index contributed by atoms with van der Waals surface area (Å²) in [4.78, 5) is 18.7. The highest BCUT2D eigenvalue weighted by Crippen LogP contribution is 2.37. The molecule has 0 N–H and O–H groups in total. The van der Waals surface area contributed by atoms with Crippen LogP contribution in [0.3, 0.4) is 0 Å². The molecule has 0 radical (unpaired) electrons. The molecule has 2 aliphatic rings. The summed E-state index contributed by atoms with van der Waals surface area (Å²) in [5.41, 5.74) is 2.00. The van der Waals surface area contributed by atoms with Crippen LogP contribution in [0.25, 0.3) is 0 Å². The smallest absolute Gasteiger partial charge is 0.253 e. The molecular formula is C20H22N2O3. The number of carbonyl (C=O) groups is 1. The Labute approximate surface area is 147 Å². The van der Waals surface area contributed by atoms with Gasteiger partial charge in [0.15, 0.2) is 11.5 Å². The predicted octanol–water partition coefficient (Wildman–Crippen LogP) is 3.30. The minimum atomic E-state index is 0.0641. The lowest BCUT2D eigenvalue weighted by Crippen LogP contribution is -2.45. The monoisotopic (exact) mass is 338 g/mol. The Bertz CT molecular complexity index is 778. The van der Waals surface area contributed by atoms with Gasteiger partial charge in [0.25, 0.3) is 5.91 Å². The maximum Gasteiger partial charge on any atom is 0.253 e. The molecule has 1 aromatic carbocycles. The van der Waals surface area contributed by atoms with Crippen LogP contribution in [0, 0.1) is 5.41 Å². The zero-order valence-corrected chi connectivity index (χ0v) is 14.4. The summed E-state index contributed by atoms with van der Waals surface area (Å²) < 4.78 is 10.9. The van der Waals surface area contributed by atoms with Crippen molar-refractivity contribution in [3.63, 3.8) is 0 Å². The zero-order valence-electron chi connectivity index (χ0n) is 14.4. The number of nitrogens with zero attached hydrogens (tertiary/aromatic N) is 2. The molecule has 5 heteroatoms. The van der Waals surface area contributed by atoms with Crippen molar-refractivity contribution in [3.8, 4) is 11.5 Å². The lowest BCUT2D eigenvalue weighted by Gasteiger charge is -2.40. The average Bonchev–Trinajstić information content (AvgIpc) is 3.09. The van der Waals surface area contributed by atoms with Crippen molar-refractivity contribution in [1.82, 2.24) is 9.88 Å². The first kappa shape index (κ1) is 15.9. The van der Waals surface area contributed by atoms with E-state index in [1.165, 1.54) is 5.56 Å². The summed E-state index contributed by atoms with van der Waals surface area (Å²) in [7, 11) is 0. The highest BCUT2D eigenvalue weighted by molar-refractivity contribution is 5.94. The summed E-state index contributed by atoms with van der Waals surface area (Å²) in [5, 5.41) is 0. The fourth-order valence-electron chi connectivity index (χ4n) is 3.85. The molecule has 3 heterocycles. The summed E-state index contributed by atoms with van der Waals surface area (Å²) in [6.45, 7) is 4.15. The fraction of sp³-hybridized carbons (Fsp3) is 0.400. The molecule has 0 bridgehead atoms. The van der Waals surface area contributed by atoms with Crippen LogP contribution in [0.5, 0.6) is 11.5 Å². The van der Waals surface area contributed by atoms with E-state index in [-0.39, 0.29) is 11.3 Å². The van der Waals surface area contributed by atoms with Gasteiger partial charge < -0.3 is 14.4 Å². The molecule has 2 aliphatic heterocycles. The standard InChI is InChI=1S/C20H22N2O3/c1-20(12-15-3-4-17-18(11-15)25-14-24-17)7-2-10-22(13-20)19(23)16-5-8-21-9-6-16/h3-6,8-9,11H,2,7,10,12-14H2,1H3. The molecule has 1 atom stereocenters. The van der Waals surface area contributed by atoms with E-state index in [9.17, 15) is 4.79 Å². The highest BCUT2D eigenvalue weighted by Gasteiger charge is 2.34. The molecule has 0 saturated carbocycles. The van der Waals surface area contributed by atoms with Crippen LogP contribution in [0.1, 0.15) is 35.7 Å². The van der Waals surface area contributed by atoms with Crippen molar-refractivity contribution in [2.75, 3.05) is 19.9 Å². The van der Waals surface area contributed by atoms with Gasteiger partial charge in [-0.15, -0.1) is 0 Å². The van der Waals surface area contributed by atoms with Crippen molar-refractivity contribution in [2.45, 2.75) is 26.2 Å². The van der Waals surface area contributed by atoms with Crippen LogP contribution in [0.4, 0.5) is 0 Å². The van der Waals surface area contributed by atoms with Gasteiger partial charge in [-0.05, 0) is 54.5 Å². The average molecular weight is 338 g/mol. The van der Waals surface area contributed by atoms with Crippen molar-refractivity contribution in [1.29, 1.82) is 0 Å². The Morgan fingerprint density at radius 3 is 2.84 bits per heavy atom. The summed E-state index contributed by atoms with van der Waals surface area (Å²) in [6.07, 6.45) is 6.40. The zero-order chi connectivity index (χ0) is 17.3. The number of aromatic nitrogens is 1. The minimum Gasteiger partial charge on any atom is -0.454 e. The van der Waals surface area contributed by atoms with E-state index in [0.29, 0.717) is 12.4 Å². The lowest BCUT2D eigenvalue weighted by molar-refractivity contribution is 0.0550. The maximum atomic E-state index is 12.8. The third-order valence-electron chi connectivity index (χ3n) is 5.06. The number of likely N-dealkylation sites (tertiary alicyclic amines) is 1. The number of rotatable bonds is 3. The molecule has 1 fully saturated rings. The van der Waals surface area contributed by atoms with Crippen molar-refractivity contribution in [3.05, 3.63) is 53.9 Å². The minimum absolute atomic E-state index is 0.0641. The molecule has 5 nitrogen and oxygen atoms in total. The van der Waals surface area contributed by atoms with E-state index in [0.717, 1.165) is 43.9 Å². The number of hydrogen-bond donors (Lipinski definition) is 0. The number of pyridine rings is 1. The Morgan fingerprint density at radius 1 is 1.20 bits per heavy atom. The van der Waals surface area contributed by atoms with Crippen LogP contribution < -0.4 is 9.47 Å². The quantitative estimate of drug-likeness (QED) is 0.862. The van der Waals surface area contributed by atoms with Crippen molar-refractivity contribution < 1.29 is 14.3 Å². The van der Waals surface area contributed by atoms with Gasteiger partial charge in [0.1, 0.15) is 0 Å². The number of ether oxygens (including phenoxy) is 2. The summed E-state index contributed by atoms with van der Waals surface area (Å²) in [5.74, 6) is 1.73. The first-order chi connectivity index (χ1) is 12.1. The molecule has 130 valence electrons. The molecule has 4 rings (SSSR count). The van der Waals surface area contributed by atoms with Crippen molar-refractivity contribution in [2.24, 2.45) is 5.41 Å². The second-order valence-electron chi connectivity index (χ2n) is 7.24. The lowest BCUT2D eigenvalue weighted by atomic mass is 9.76. The van der Waals surface area contributed by atoms with Gasteiger partial charge in [-0.1, -0.05) is 13.0 Å². The second-order valence-corrected chi connectivity index (χ2v) is 7.24. The molecule has 25 heavy (non-hydrogen) atoms. The Morgan fingerprint density at radius 2 is 2.00 bits per heavy atom. The Balaban J connectivity index is 1.49. The van der Waals surface area contributed by atoms with Gasteiger partial charge in [-0.3, -0.25) is 9.78 Å². The molecule has 1 aromatic heterocycles. The van der Waals surface area contributed by atoms with Crippen LogP contribution in [0.15, 0.2) is 42.7 Å². The Kier molecular flexibility index (Phi) is 4.07. The van der Waals surface area contributed by atoms with E-state index in [1.54, 1.807) is 24.5 Å². The molecular weight excluding hydrogens is 316 g/mol. The van der Waals surface area contributed by atoms with Gasteiger partial charge in [-0.25, -0.2) is 0 Å². The highest BCUT2D eigenvalue weighted by atomic mass is 16.7. The number of benzene rings is 1. The largest absolute Gasteiger partial charge is 0.454 e.